The fourth-order valence-corrected chi connectivity index (χ4v) is 11.4. The van der Waals surface area contributed by atoms with E-state index >= 15 is 0 Å². The number of rotatable bonds is 6. The average molecular weight is 803 g/mol. The lowest BCUT2D eigenvalue weighted by atomic mass is 9.63. The van der Waals surface area contributed by atoms with Gasteiger partial charge in [0.2, 0.25) is 0 Å². The summed E-state index contributed by atoms with van der Waals surface area (Å²) in [5.74, 6) is 0.607. The van der Waals surface area contributed by atoms with Crippen LogP contribution in [0.4, 0.5) is 0 Å². The third-order valence-electron chi connectivity index (χ3n) is 14.1. The first-order chi connectivity index (χ1) is 31.3. The predicted octanol–water partition coefficient (Wildman–Crippen LogP) is 15.4. The fraction of sp³-hybridized carbons (Fsp3) is 0.0492. The fourth-order valence-electron chi connectivity index (χ4n) is 11.4. The first-order valence-corrected chi connectivity index (χ1v) is 22.1. The van der Waals surface area contributed by atoms with Gasteiger partial charge in [0.05, 0.1) is 27.5 Å². The quantitative estimate of drug-likeness (QED) is 0.158. The van der Waals surface area contributed by atoms with Gasteiger partial charge in [0.25, 0.3) is 0 Å². The van der Waals surface area contributed by atoms with Gasteiger partial charge in [-0.1, -0.05) is 182 Å². The normalized spacial score (nSPS) is 17.8. The first kappa shape index (κ1) is 35.8. The highest BCUT2D eigenvalue weighted by Gasteiger charge is 2.52. The molecule has 0 saturated heterocycles. The number of aromatic nitrogens is 2. The van der Waals surface area contributed by atoms with Crippen LogP contribution in [0, 0.1) is 5.92 Å². The van der Waals surface area contributed by atoms with Crippen molar-refractivity contribution < 1.29 is 0 Å². The molecule has 0 aliphatic heterocycles. The van der Waals surface area contributed by atoms with Crippen molar-refractivity contribution in [1.29, 1.82) is 0 Å². The van der Waals surface area contributed by atoms with Crippen molar-refractivity contribution in [3.05, 3.63) is 265 Å². The molecule has 63 heavy (non-hydrogen) atoms. The van der Waals surface area contributed by atoms with Crippen LogP contribution in [0.1, 0.15) is 28.2 Å². The number of para-hydroxylation sites is 2. The molecule has 0 spiro atoms. The van der Waals surface area contributed by atoms with Crippen molar-refractivity contribution in [3.8, 4) is 33.6 Å². The molecule has 11 aromatic rings. The van der Waals surface area contributed by atoms with E-state index in [2.05, 4.69) is 252 Å². The predicted molar refractivity (Wildman–Crippen MR) is 263 cm³/mol. The number of fused-ring (bicyclic) bond motifs is 9. The summed E-state index contributed by atoms with van der Waals surface area (Å²) in [6, 6.07) is 81.0. The second kappa shape index (κ2) is 14.1. The van der Waals surface area contributed by atoms with E-state index in [1.807, 2.05) is 0 Å². The first-order valence-electron chi connectivity index (χ1n) is 22.1. The molecule has 3 atom stereocenters. The van der Waals surface area contributed by atoms with Crippen LogP contribution < -0.4 is 0 Å². The SMILES string of the molecule is C1=CC2c3ccccc3C(c3ccccc3)(c3ccc(-n4c5ccccc5c5cc(-c6ccc7c(c6)c6ccccc6n7-c6cccc(-c7ccccc7)c6)ccc54)cc3)C2C=C1. The van der Waals surface area contributed by atoms with E-state index in [1.54, 1.807) is 0 Å². The highest BCUT2D eigenvalue weighted by Crippen LogP contribution is 2.59. The van der Waals surface area contributed by atoms with Gasteiger partial charge < -0.3 is 9.13 Å². The molecule has 0 amide bonds. The van der Waals surface area contributed by atoms with Crippen LogP contribution in [0.25, 0.3) is 77.2 Å². The zero-order chi connectivity index (χ0) is 41.5. The van der Waals surface area contributed by atoms with E-state index in [4.69, 9.17) is 0 Å². The minimum Gasteiger partial charge on any atom is -0.309 e. The molecule has 2 heteroatoms. The van der Waals surface area contributed by atoms with Gasteiger partial charge in [-0.05, 0) is 105 Å². The molecule has 9 aromatic carbocycles. The van der Waals surface area contributed by atoms with Crippen LogP contribution in [0.5, 0.6) is 0 Å². The topological polar surface area (TPSA) is 9.86 Å². The van der Waals surface area contributed by atoms with Gasteiger partial charge in [0.1, 0.15) is 0 Å². The summed E-state index contributed by atoms with van der Waals surface area (Å²) in [7, 11) is 0. The summed E-state index contributed by atoms with van der Waals surface area (Å²) in [6.45, 7) is 0. The van der Waals surface area contributed by atoms with Crippen LogP contribution in [0.15, 0.2) is 243 Å². The van der Waals surface area contributed by atoms with Gasteiger partial charge in [0.15, 0.2) is 0 Å². The van der Waals surface area contributed by atoms with Gasteiger partial charge in [-0.2, -0.15) is 0 Å². The number of benzene rings is 9. The van der Waals surface area contributed by atoms with E-state index < -0.39 is 0 Å². The zero-order valence-corrected chi connectivity index (χ0v) is 34.6. The van der Waals surface area contributed by atoms with Gasteiger partial charge in [-0.25, -0.2) is 0 Å². The minimum absolute atomic E-state index is 0.279. The maximum absolute atomic E-state index is 2.45. The minimum atomic E-state index is -0.308. The molecule has 3 unspecified atom stereocenters. The van der Waals surface area contributed by atoms with Crippen LogP contribution in [0.3, 0.4) is 0 Å². The van der Waals surface area contributed by atoms with Gasteiger partial charge in [-0.3, -0.25) is 0 Å². The largest absolute Gasteiger partial charge is 0.309 e. The Hall–Kier alpha value is -7.94. The van der Waals surface area contributed by atoms with Crippen molar-refractivity contribution in [2.24, 2.45) is 5.92 Å². The standard InChI is InChI=1S/C61H42N2/c1-3-16-41(17-4-1)42-18-15-21-48(38-42)63-58-29-14-10-25-52(58)54-40-44(31-37-60(54)63)43-30-36-59-53(39-43)51-24-9-13-28-57(51)62(59)47-34-32-46(33-35-47)61(45-19-5-2-6-20-45)55-26-11-7-22-49(55)50-23-8-12-27-56(50)61/h1-40,49,55H. The summed E-state index contributed by atoms with van der Waals surface area (Å²) in [5.41, 5.74) is 17.2. The van der Waals surface area contributed by atoms with E-state index in [-0.39, 0.29) is 11.3 Å². The highest BCUT2D eigenvalue weighted by molar-refractivity contribution is 6.12. The molecule has 0 bridgehead atoms. The average Bonchev–Trinajstić information content (AvgIpc) is 3.98. The molecule has 296 valence electrons. The van der Waals surface area contributed by atoms with Crippen LogP contribution >= 0.6 is 0 Å². The smallest absolute Gasteiger partial charge is 0.0541 e. The molecule has 0 fully saturated rings. The summed E-state index contributed by atoms with van der Waals surface area (Å²) in [5, 5.41) is 5.00. The Morgan fingerprint density at radius 1 is 0.333 bits per heavy atom. The highest BCUT2D eigenvalue weighted by atomic mass is 15.0. The summed E-state index contributed by atoms with van der Waals surface area (Å²) < 4.78 is 4.86. The summed E-state index contributed by atoms with van der Waals surface area (Å²) in [4.78, 5) is 0. The molecule has 2 heterocycles. The molecule has 2 aromatic heterocycles. The molecule has 0 N–H and O–H groups in total. The lowest BCUT2D eigenvalue weighted by Crippen LogP contribution is -2.35. The number of nitrogens with zero attached hydrogens (tertiary/aromatic N) is 2. The number of hydrogen-bond donors (Lipinski definition) is 0. The van der Waals surface area contributed by atoms with E-state index in [0.29, 0.717) is 5.92 Å². The van der Waals surface area contributed by atoms with Gasteiger partial charge in [0, 0.05) is 44.8 Å². The second-order valence-corrected chi connectivity index (χ2v) is 17.2. The van der Waals surface area contributed by atoms with Crippen molar-refractivity contribution in [3.63, 3.8) is 0 Å². The Morgan fingerprint density at radius 3 is 1.56 bits per heavy atom. The zero-order valence-electron chi connectivity index (χ0n) is 34.6. The second-order valence-electron chi connectivity index (χ2n) is 17.2. The molecular weight excluding hydrogens is 761 g/mol. The van der Waals surface area contributed by atoms with Crippen molar-refractivity contribution >= 4 is 43.6 Å². The van der Waals surface area contributed by atoms with Crippen LogP contribution in [-0.4, -0.2) is 9.13 Å². The number of allylic oxidation sites excluding steroid dienone is 4. The van der Waals surface area contributed by atoms with Gasteiger partial charge in [-0.15, -0.1) is 0 Å². The lowest BCUT2D eigenvalue weighted by molar-refractivity contribution is 0.456. The Morgan fingerprint density at radius 2 is 0.857 bits per heavy atom. The Balaban J connectivity index is 0.927. The third kappa shape index (κ3) is 5.31. The van der Waals surface area contributed by atoms with Crippen molar-refractivity contribution in [1.82, 2.24) is 9.13 Å². The third-order valence-corrected chi connectivity index (χ3v) is 14.1. The Bertz CT molecular complexity index is 3620. The molecule has 13 rings (SSSR count). The molecule has 2 aliphatic carbocycles. The van der Waals surface area contributed by atoms with E-state index in [1.165, 1.54) is 88.1 Å². The molecule has 2 aliphatic rings. The lowest BCUT2D eigenvalue weighted by Gasteiger charge is -2.39. The van der Waals surface area contributed by atoms with Crippen molar-refractivity contribution in [2.45, 2.75) is 11.3 Å². The Labute approximate surface area is 367 Å². The maximum atomic E-state index is 2.45. The molecule has 2 nitrogen and oxygen atoms in total. The van der Waals surface area contributed by atoms with Gasteiger partial charge >= 0.3 is 0 Å². The molecule has 0 saturated carbocycles. The Kier molecular flexibility index (Phi) is 7.98. The van der Waals surface area contributed by atoms with E-state index in [0.717, 1.165) is 11.4 Å². The van der Waals surface area contributed by atoms with Crippen LogP contribution in [-0.2, 0) is 5.41 Å². The number of hydrogen-bond acceptors (Lipinski definition) is 0. The molecular formula is C61H42N2. The summed E-state index contributed by atoms with van der Waals surface area (Å²) in [6.07, 6.45) is 9.31. The van der Waals surface area contributed by atoms with E-state index in [9.17, 15) is 0 Å². The molecule has 0 radical (unpaired) electrons. The monoisotopic (exact) mass is 802 g/mol. The van der Waals surface area contributed by atoms with Crippen molar-refractivity contribution in [2.75, 3.05) is 0 Å². The van der Waals surface area contributed by atoms with Crippen LogP contribution in [0.2, 0.25) is 0 Å². The maximum Gasteiger partial charge on any atom is 0.0541 e. The summed E-state index contributed by atoms with van der Waals surface area (Å²) >= 11 is 0.